The summed E-state index contributed by atoms with van der Waals surface area (Å²) in [5.41, 5.74) is 10.6. The molecule has 0 saturated carbocycles. The Morgan fingerprint density at radius 2 is 1.94 bits per heavy atom. The number of carbonyl (C=O) groups is 4. The van der Waals surface area contributed by atoms with Crippen LogP contribution in [0.5, 0.6) is 5.75 Å². The number of allylic oxidation sites excluding steroid dienone is 2. The van der Waals surface area contributed by atoms with E-state index < -0.39 is 67.3 Å². The number of aliphatic hydroxyl groups is 1. The number of hydrogen-bond donors (Lipinski definition) is 4. The molecule has 2 aliphatic carbocycles. The minimum atomic E-state index is -1.42. The maximum Gasteiger partial charge on any atom is 0.407 e. The molecule has 2 saturated heterocycles. The van der Waals surface area contributed by atoms with Crippen LogP contribution in [0.3, 0.4) is 0 Å². The third-order valence-electron chi connectivity index (χ3n) is 12.0. The monoisotopic (exact) mass is 965 g/mol. The van der Waals surface area contributed by atoms with E-state index in [-0.39, 0.29) is 83.4 Å². The second kappa shape index (κ2) is 23.5. The number of carbonyl (C=O) groups excluding carboxylic acids is 4. The molecule has 3 aromatic rings. The summed E-state index contributed by atoms with van der Waals surface area (Å²) in [6, 6.07) is 5.92. The molecule has 364 valence electrons. The third kappa shape index (κ3) is 12.2. The molecule has 20 heteroatoms. The molecular formula is C49H55N7O12S. The highest BCUT2D eigenvalue weighted by atomic mass is 32.2. The lowest BCUT2D eigenvalue weighted by Crippen LogP contribution is -2.55. The number of H-pyrrole nitrogens is 1. The van der Waals surface area contributed by atoms with Crippen LogP contribution in [0, 0.1) is 29.6 Å². The van der Waals surface area contributed by atoms with Crippen LogP contribution in [0.15, 0.2) is 70.5 Å². The van der Waals surface area contributed by atoms with E-state index in [1.54, 1.807) is 32.4 Å². The number of methoxy groups -OCH3 is 2. The Morgan fingerprint density at radius 1 is 1.13 bits per heavy atom. The van der Waals surface area contributed by atoms with Gasteiger partial charge in [0.1, 0.15) is 29.7 Å². The van der Waals surface area contributed by atoms with Gasteiger partial charge in [-0.1, -0.05) is 60.5 Å². The van der Waals surface area contributed by atoms with Gasteiger partial charge in [0.25, 0.3) is 0 Å². The number of ketones is 2. The summed E-state index contributed by atoms with van der Waals surface area (Å²) in [5.74, 6) is 10.9. The van der Waals surface area contributed by atoms with E-state index in [9.17, 15) is 24.3 Å². The number of ether oxygens (including phenoxy) is 7. The Hall–Kier alpha value is -6.03. The van der Waals surface area contributed by atoms with Crippen LogP contribution in [0.2, 0.25) is 0 Å². The van der Waals surface area contributed by atoms with Gasteiger partial charge in [0.15, 0.2) is 29.3 Å². The van der Waals surface area contributed by atoms with Gasteiger partial charge < -0.3 is 53.9 Å². The van der Waals surface area contributed by atoms with Gasteiger partial charge in [0.05, 0.1) is 62.7 Å². The molecule has 10 atom stereocenters. The largest absolute Gasteiger partial charge is 0.493 e. The number of rotatable bonds is 16. The molecule has 4 heterocycles. The lowest BCUT2D eigenvalue weighted by molar-refractivity contribution is -0.304. The van der Waals surface area contributed by atoms with Crippen molar-refractivity contribution in [2.45, 2.75) is 108 Å². The summed E-state index contributed by atoms with van der Waals surface area (Å²) in [6.45, 7) is 7.84. The fourth-order valence-corrected chi connectivity index (χ4v) is 9.34. The van der Waals surface area contributed by atoms with E-state index in [0.717, 1.165) is 35.2 Å². The summed E-state index contributed by atoms with van der Waals surface area (Å²) in [5, 5.41) is 22.7. The minimum Gasteiger partial charge on any atom is -0.493 e. The van der Waals surface area contributed by atoms with Crippen molar-refractivity contribution in [1.82, 2.24) is 20.6 Å². The Balaban J connectivity index is 1.27. The number of Topliss-reactive ketones (excluding diaryl/α,β-unsaturated/α-hetero) is 2. The maximum absolute atomic E-state index is 14.9. The SMILES string of the molecule is COC(=O)NC1C(=O)C[C@H](O)/C(=C/CSC(C)=O)C2=C1C#C/C=C\C#C[C@@H]2OC1OC(C)C(C(=O)c2nccc3c2[nH]c2ccc(OCCN=[N+]=[N-])cc23)CC1OC1CC(OC)C(NC(C)C)CO1. The standard InChI is InChI=1S/C49H55N7O12S/c1-26(2)53-36-25-65-42(24-40(36)62-5)67-41-22-33(47(60)46-45-30(15-17-51-46)34-21-29(13-14-35(34)54-45)64-19-18-52-56-50)27(3)66-48(41)68-39-12-10-8-7-9-11-32-43(39)31(16-20-69-28(4)57)37(58)23-38(59)44(32)55-49(61)63-6/h7-8,13-17,21,26-27,33,36-37,39-42,44,48,53-54,58H,18-20,22-25H2,1-6H3,(H,55,61)/b8-7-,31-16-/t27?,33?,36?,37-,39-,40?,41?,42?,44?,48?/m0/s1. The molecule has 2 aliphatic heterocycles. The Bertz CT molecular complexity index is 2710. The van der Waals surface area contributed by atoms with E-state index >= 15 is 0 Å². The number of nitrogens with one attached hydrogen (secondary N) is 3. The second-order valence-corrected chi connectivity index (χ2v) is 18.2. The number of alkyl carbamates (subject to hydrolysis) is 1. The number of pyridine rings is 1. The lowest BCUT2D eigenvalue weighted by atomic mass is 9.86. The van der Waals surface area contributed by atoms with E-state index in [0.29, 0.717) is 17.7 Å². The number of aromatic amines is 1. The number of azide groups is 1. The summed E-state index contributed by atoms with van der Waals surface area (Å²) < 4.78 is 43.3. The topological polar surface area (TPSA) is 255 Å². The molecule has 0 bridgehead atoms. The predicted molar refractivity (Wildman–Crippen MR) is 255 cm³/mol. The number of aromatic nitrogens is 2. The molecule has 19 nitrogen and oxygen atoms in total. The normalized spacial score (nSPS) is 27.9. The summed E-state index contributed by atoms with van der Waals surface area (Å²) in [7, 11) is 2.78. The van der Waals surface area contributed by atoms with Crippen molar-refractivity contribution in [1.29, 1.82) is 0 Å². The minimum absolute atomic E-state index is 0.0641. The predicted octanol–water partition coefficient (Wildman–Crippen LogP) is 5.38. The van der Waals surface area contributed by atoms with Gasteiger partial charge >= 0.3 is 6.09 Å². The number of nitrogens with zero attached hydrogens (tertiary/aromatic N) is 4. The first-order valence-electron chi connectivity index (χ1n) is 22.6. The zero-order valence-corrected chi connectivity index (χ0v) is 39.9. The fourth-order valence-electron chi connectivity index (χ4n) is 8.85. The maximum atomic E-state index is 14.9. The van der Waals surface area contributed by atoms with Gasteiger partial charge in [0, 0.05) is 77.2 Å². The molecule has 2 aromatic heterocycles. The Labute approximate surface area is 403 Å². The molecule has 7 rings (SSSR count). The summed E-state index contributed by atoms with van der Waals surface area (Å²) >= 11 is 0.992. The van der Waals surface area contributed by atoms with Gasteiger partial charge in [-0.3, -0.25) is 19.4 Å². The molecule has 4 N–H and O–H groups in total. The van der Waals surface area contributed by atoms with Crippen LogP contribution in [-0.4, -0.2) is 139 Å². The van der Waals surface area contributed by atoms with E-state index in [2.05, 4.69) is 54.3 Å². The number of thioether (sulfide) groups is 1. The van der Waals surface area contributed by atoms with Crippen molar-refractivity contribution in [2.24, 2.45) is 11.0 Å². The van der Waals surface area contributed by atoms with Crippen LogP contribution in [-0.2, 0) is 38.0 Å². The van der Waals surface area contributed by atoms with Gasteiger partial charge in [-0.05, 0) is 60.9 Å². The van der Waals surface area contributed by atoms with Crippen molar-refractivity contribution in [3.63, 3.8) is 0 Å². The zero-order chi connectivity index (χ0) is 49.2. The molecule has 8 unspecified atom stereocenters. The molecule has 0 radical (unpaired) electrons. The third-order valence-corrected chi connectivity index (χ3v) is 12.7. The zero-order valence-electron chi connectivity index (χ0n) is 39.1. The Morgan fingerprint density at radius 3 is 2.70 bits per heavy atom. The highest BCUT2D eigenvalue weighted by molar-refractivity contribution is 8.13. The van der Waals surface area contributed by atoms with Gasteiger partial charge in [0.2, 0.25) is 0 Å². The van der Waals surface area contributed by atoms with E-state index in [1.807, 2.05) is 32.0 Å². The molecule has 69 heavy (non-hydrogen) atoms. The highest BCUT2D eigenvalue weighted by Crippen LogP contribution is 2.39. The number of hydrogen-bond acceptors (Lipinski definition) is 16. The molecule has 2 fully saturated rings. The smallest absolute Gasteiger partial charge is 0.407 e. The van der Waals surface area contributed by atoms with Crippen LogP contribution < -0.4 is 15.4 Å². The number of aliphatic hydroxyl groups excluding tert-OH is 1. The average Bonchev–Trinajstić information content (AvgIpc) is 3.70. The lowest BCUT2D eigenvalue weighted by Gasteiger charge is -2.43. The van der Waals surface area contributed by atoms with E-state index in [1.165, 1.54) is 19.1 Å². The molecule has 4 aliphatic rings. The van der Waals surface area contributed by atoms with Gasteiger partial charge in [-0.15, -0.1) is 0 Å². The van der Waals surface area contributed by atoms with Crippen molar-refractivity contribution in [3.05, 3.63) is 81.5 Å². The first-order valence-corrected chi connectivity index (χ1v) is 23.5. The van der Waals surface area contributed by atoms with Crippen molar-refractivity contribution >= 4 is 56.3 Å². The summed E-state index contributed by atoms with van der Waals surface area (Å²) in [4.78, 5) is 64.3. The van der Waals surface area contributed by atoms with Crippen molar-refractivity contribution in [2.75, 3.05) is 39.7 Å². The van der Waals surface area contributed by atoms with Crippen molar-refractivity contribution in [3.8, 4) is 29.4 Å². The number of amides is 1. The van der Waals surface area contributed by atoms with Crippen LogP contribution in [0.25, 0.3) is 32.2 Å². The first-order chi connectivity index (χ1) is 33.3. The first kappa shape index (κ1) is 50.8. The number of fused-ring (bicyclic) bond motifs is 3. The van der Waals surface area contributed by atoms with Gasteiger partial charge in [-0.2, -0.15) is 0 Å². The average molecular weight is 966 g/mol. The molecule has 0 spiro atoms. The van der Waals surface area contributed by atoms with E-state index in [4.69, 9.17) is 38.7 Å². The fraction of sp³-hybridized carbons (Fsp3) is 0.490. The van der Waals surface area contributed by atoms with Gasteiger partial charge in [-0.25, -0.2) is 4.79 Å². The molecule has 1 amide bonds. The molecular weight excluding hydrogens is 911 g/mol. The van der Waals surface area contributed by atoms with Crippen LogP contribution in [0.1, 0.15) is 57.4 Å². The second-order valence-electron chi connectivity index (χ2n) is 17.0. The quantitative estimate of drug-likeness (QED) is 0.0351. The highest BCUT2D eigenvalue weighted by Gasteiger charge is 2.47. The summed E-state index contributed by atoms with van der Waals surface area (Å²) in [6.07, 6.45) is -1.66. The van der Waals surface area contributed by atoms with Crippen molar-refractivity contribution < 1.29 is 57.4 Å². The van der Waals surface area contributed by atoms with Crippen LogP contribution >= 0.6 is 11.8 Å². The molecule has 1 aromatic carbocycles. The van der Waals surface area contributed by atoms with Crippen LogP contribution in [0.4, 0.5) is 4.79 Å². The Kier molecular flexibility index (Phi) is 17.3. The number of benzene rings is 1.